The number of aromatic nitrogens is 2. The van der Waals surface area contributed by atoms with E-state index in [1.807, 2.05) is 29.3 Å². The maximum Gasteiger partial charge on any atom is 0.349 e. The molecule has 1 saturated heterocycles. The van der Waals surface area contributed by atoms with Gasteiger partial charge < -0.3 is 4.90 Å². The van der Waals surface area contributed by atoms with E-state index in [1.165, 1.54) is 0 Å². The molecule has 2 aliphatic heterocycles. The Morgan fingerprint density at radius 1 is 1.60 bits per heavy atom. The predicted octanol–water partition coefficient (Wildman–Crippen LogP) is 0.487. The lowest BCUT2D eigenvalue weighted by Gasteiger charge is -2.30. The number of hydrogen-bond acceptors (Lipinski definition) is 4. The minimum Gasteiger partial charge on any atom is -0.351 e. The Morgan fingerprint density at radius 2 is 2.47 bits per heavy atom. The monoisotopic (exact) mass is 223 g/mol. The Hall–Kier alpha value is -0.970. The second kappa shape index (κ2) is 3.27. The first-order valence-electron chi connectivity index (χ1n) is 5.18. The van der Waals surface area contributed by atoms with Crippen molar-refractivity contribution in [2.45, 2.75) is 19.5 Å². The molecule has 1 aromatic heterocycles. The van der Waals surface area contributed by atoms with Crippen LogP contribution in [0, 0.1) is 6.92 Å². The first-order valence-corrected chi connectivity index (χ1v) is 6.34. The molecule has 0 radical (unpaired) electrons. The molecule has 0 aromatic carbocycles. The molecule has 1 fully saturated rings. The molecule has 0 saturated carbocycles. The highest BCUT2D eigenvalue weighted by molar-refractivity contribution is 7.99. The number of rotatable bonds is 0. The molecule has 0 bridgehead atoms. The zero-order valence-corrected chi connectivity index (χ0v) is 9.46. The molecular formula is C10H13N3OS. The van der Waals surface area contributed by atoms with Gasteiger partial charge in [-0.25, -0.2) is 4.79 Å². The zero-order valence-electron chi connectivity index (χ0n) is 8.64. The van der Waals surface area contributed by atoms with E-state index in [1.54, 1.807) is 0 Å². The lowest BCUT2D eigenvalue weighted by atomic mass is 10.3. The highest BCUT2D eigenvalue weighted by Gasteiger charge is 2.32. The van der Waals surface area contributed by atoms with Crippen molar-refractivity contribution in [3.05, 3.63) is 22.2 Å². The van der Waals surface area contributed by atoms with Crippen LogP contribution in [0.5, 0.6) is 0 Å². The summed E-state index contributed by atoms with van der Waals surface area (Å²) < 4.78 is 1.81. The molecule has 0 spiro atoms. The van der Waals surface area contributed by atoms with E-state index < -0.39 is 0 Å². The molecule has 2 aliphatic rings. The molecule has 0 amide bonds. The molecule has 15 heavy (non-hydrogen) atoms. The van der Waals surface area contributed by atoms with E-state index in [0.29, 0.717) is 6.04 Å². The number of aryl methyl sites for hydroxylation is 1. The molecule has 1 atom stereocenters. The van der Waals surface area contributed by atoms with Gasteiger partial charge in [0.1, 0.15) is 5.82 Å². The van der Waals surface area contributed by atoms with Crippen LogP contribution in [0.1, 0.15) is 5.69 Å². The normalized spacial score (nSPS) is 23.8. The van der Waals surface area contributed by atoms with Gasteiger partial charge in [-0.05, 0) is 6.92 Å². The molecule has 4 nitrogen and oxygen atoms in total. The van der Waals surface area contributed by atoms with Crippen molar-refractivity contribution in [1.82, 2.24) is 9.55 Å². The third-order valence-corrected chi connectivity index (χ3v) is 4.12. The fourth-order valence-electron chi connectivity index (χ4n) is 2.33. The Balaban J connectivity index is 2.12. The first-order chi connectivity index (χ1) is 7.25. The predicted molar refractivity (Wildman–Crippen MR) is 61.7 cm³/mol. The lowest BCUT2D eigenvalue weighted by Crippen LogP contribution is -2.39. The van der Waals surface area contributed by atoms with Crippen LogP contribution >= 0.6 is 11.8 Å². The Morgan fingerprint density at radius 3 is 3.33 bits per heavy atom. The van der Waals surface area contributed by atoms with Gasteiger partial charge in [0, 0.05) is 29.8 Å². The molecule has 1 aromatic rings. The lowest BCUT2D eigenvalue weighted by molar-refractivity contribution is 0.617. The van der Waals surface area contributed by atoms with Crippen LogP contribution < -0.4 is 10.6 Å². The van der Waals surface area contributed by atoms with Gasteiger partial charge in [0.25, 0.3) is 0 Å². The summed E-state index contributed by atoms with van der Waals surface area (Å²) in [6.07, 6.45) is 0. The van der Waals surface area contributed by atoms with E-state index in [9.17, 15) is 4.79 Å². The van der Waals surface area contributed by atoms with Gasteiger partial charge in [0.2, 0.25) is 0 Å². The Bertz CT molecular complexity index is 456. The summed E-state index contributed by atoms with van der Waals surface area (Å²) in [6, 6.07) is 2.53. The fourth-order valence-corrected chi connectivity index (χ4v) is 3.38. The van der Waals surface area contributed by atoms with Crippen LogP contribution in [0.15, 0.2) is 10.9 Å². The number of hydrogen-bond donors (Lipinski definition) is 0. The minimum absolute atomic E-state index is 0.0931. The van der Waals surface area contributed by atoms with Crippen LogP contribution in [0.3, 0.4) is 0 Å². The second-order valence-electron chi connectivity index (χ2n) is 4.07. The van der Waals surface area contributed by atoms with Crippen molar-refractivity contribution in [2.24, 2.45) is 0 Å². The zero-order chi connectivity index (χ0) is 10.4. The maximum atomic E-state index is 11.7. The van der Waals surface area contributed by atoms with Crippen LogP contribution in [0.25, 0.3) is 0 Å². The SMILES string of the molecule is Cc1cc2n(c(=O)n1)CC1CSCCN21. The third-order valence-electron chi connectivity index (χ3n) is 3.03. The number of fused-ring (bicyclic) bond motifs is 3. The van der Waals surface area contributed by atoms with E-state index in [2.05, 4.69) is 9.88 Å². The highest BCUT2D eigenvalue weighted by atomic mass is 32.2. The van der Waals surface area contributed by atoms with Gasteiger partial charge >= 0.3 is 5.69 Å². The smallest absolute Gasteiger partial charge is 0.349 e. The van der Waals surface area contributed by atoms with Crippen molar-refractivity contribution >= 4 is 17.6 Å². The van der Waals surface area contributed by atoms with E-state index in [-0.39, 0.29) is 5.69 Å². The van der Waals surface area contributed by atoms with Gasteiger partial charge in [0.15, 0.2) is 0 Å². The van der Waals surface area contributed by atoms with Gasteiger partial charge in [-0.1, -0.05) is 0 Å². The van der Waals surface area contributed by atoms with Crippen molar-refractivity contribution in [3.63, 3.8) is 0 Å². The summed E-state index contributed by atoms with van der Waals surface area (Å²) in [5.41, 5.74) is 0.731. The van der Waals surface area contributed by atoms with E-state index in [0.717, 1.165) is 36.1 Å². The molecule has 0 aliphatic carbocycles. The van der Waals surface area contributed by atoms with Crippen molar-refractivity contribution in [2.75, 3.05) is 23.0 Å². The van der Waals surface area contributed by atoms with E-state index in [4.69, 9.17) is 0 Å². The van der Waals surface area contributed by atoms with Gasteiger partial charge in [0.05, 0.1) is 12.6 Å². The molecule has 3 rings (SSSR count). The summed E-state index contributed by atoms with van der Waals surface area (Å²) >= 11 is 1.97. The number of anilines is 1. The van der Waals surface area contributed by atoms with Crippen LogP contribution in [0.4, 0.5) is 5.82 Å². The van der Waals surface area contributed by atoms with Crippen molar-refractivity contribution < 1.29 is 0 Å². The largest absolute Gasteiger partial charge is 0.351 e. The summed E-state index contributed by atoms with van der Waals surface area (Å²) in [5.74, 6) is 3.35. The van der Waals surface area contributed by atoms with Gasteiger partial charge in [-0.15, -0.1) is 0 Å². The molecule has 80 valence electrons. The average molecular weight is 223 g/mol. The first kappa shape index (κ1) is 9.27. The summed E-state index contributed by atoms with van der Waals surface area (Å²) in [4.78, 5) is 18.0. The van der Waals surface area contributed by atoms with Gasteiger partial charge in [-0.3, -0.25) is 4.57 Å². The minimum atomic E-state index is -0.0931. The molecular weight excluding hydrogens is 210 g/mol. The van der Waals surface area contributed by atoms with Gasteiger partial charge in [-0.2, -0.15) is 16.7 Å². The molecule has 0 N–H and O–H groups in total. The van der Waals surface area contributed by atoms with Crippen LogP contribution in [-0.4, -0.2) is 33.6 Å². The van der Waals surface area contributed by atoms with E-state index >= 15 is 0 Å². The Labute approximate surface area is 92.3 Å². The van der Waals surface area contributed by atoms with Crippen LogP contribution in [-0.2, 0) is 6.54 Å². The molecule has 3 heterocycles. The quantitative estimate of drug-likeness (QED) is 0.641. The Kier molecular flexibility index (Phi) is 2.02. The summed E-state index contributed by atoms with van der Waals surface area (Å²) in [5, 5.41) is 0. The summed E-state index contributed by atoms with van der Waals surface area (Å²) in [7, 11) is 0. The topological polar surface area (TPSA) is 38.1 Å². The van der Waals surface area contributed by atoms with Crippen LogP contribution in [0.2, 0.25) is 0 Å². The maximum absolute atomic E-state index is 11.7. The average Bonchev–Trinajstić information content (AvgIpc) is 2.57. The van der Waals surface area contributed by atoms with Crippen molar-refractivity contribution in [1.29, 1.82) is 0 Å². The third kappa shape index (κ3) is 1.37. The second-order valence-corrected chi connectivity index (χ2v) is 5.22. The highest BCUT2D eigenvalue weighted by Crippen LogP contribution is 2.29. The number of thioether (sulfide) groups is 1. The standard InChI is InChI=1S/C10H13N3OS/c1-7-4-9-12-2-3-15-6-8(12)5-13(9)10(14)11-7/h4,8H,2-3,5-6H2,1H3. The molecule has 1 unspecified atom stereocenters. The summed E-state index contributed by atoms with van der Waals surface area (Å²) in [6.45, 7) is 3.75. The molecule has 5 heteroatoms. The fraction of sp³-hybridized carbons (Fsp3) is 0.600. The van der Waals surface area contributed by atoms with Crippen molar-refractivity contribution in [3.8, 4) is 0 Å². The number of nitrogens with zero attached hydrogens (tertiary/aromatic N) is 3.